The summed E-state index contributed by atoms with van der Waals surface area (Å²) >= 11 is 0. The molecular weight excluding hydrogens is 472 g/mol. The van der Waals surface area contributed by atoms with Crippen LogP contribution in [0.15, 0.2) is 29.3 Å². The standard InChI is InChI=1S/C20H34FN5O.HI/c1-4-22-20(23-9-6-10-26-11-13-27-14-12-26)24-16-19(25(2)3)17-7-5-8-18(21)15-17;/h5,7-8,15,19H,4,6,9-14,16H2,1-3H3,(H2,22,23,24);1H. The van der Waals surface area contributed by atoms with E-state index in [0.29, 0.717) is 6.54 Å². The quantitative estimate of drug-likeness (QED) is 0.233. The molecule has 0 bridgehead atoms. The number of morpholine rings is 1. The van der Waals surface area contributed by atoms with Crippen LogP contribution in [-0.4, -0.2) is 82.3 Å². The van der Waals surface area contributed by atoms with Crippen molar-refractivity contribution in [3.63, 3.8) is 0 Å². The number of hydrogen-bond acceptors (Lipinski definition) is 4. The van der Waals surface area contributed by atoms with Crippen molar-refractivity contribution in [2.24, 2.45) is 4.99 Å². The molecule has 0 aliphatic carbocycles. The van der Waals surface area contributed by atoms with Gasteiger partial charge in [0.25, 0.3) is 0 Å². The zero-order valence-electron chi connectivity index (χ0n) is 17.3. The molecule has 1 aromatic rings. The number of guanidine groups is 1. The molecule has 1 aromatic carbocycles. The highest BCUT2D eigenvalue weighted by Crippen LogP contribution is 2.19. The molecule has 1 aliphatic rings. The Morgan fingerprint density at radius 1 is 1.29 bits per heavy atom. The van der Waals surface area contributed by atoms with E-state index >= 15 is 0 Å². The minimum absolute atomic E-state index is 0. The Labute approximate surface area is 185 Å². The molecule has 1 atom stereocenters. The number of ether oxygens (including phenoxy) is 1. The number of hydrogen-bond donors (Lipinski definition) is 2. The van der Waals surface area contributed by atoms with Crippen LogP contribution in [0.5, 0.6) is 0 Å². The zero-order valence-corrected chi connectivity index (χ0v) is 19.6. The second-order valence-corrected chi connectivity index (χ2v) is 6.99. The van der Waals surface area contributed by atoms with Gasteiger partial charge in [-0.3, -0.25) is 9.89 Å². The molecule has 2 N–H and O–H groups in total. The lowest BCUT2D eigenvalue weighted by Gasteiger charge is -2.26. The fourth-order valence-corrected chi connectivity index (χ4v) is 3.13. The van der Waals surface area contributed by atoms with Gasteiger partial charge in [0, 0.05) is 26.2 Å². The zero-order chi connectivity index (χ0) is 19.5. The maximum Gasteiger partial charge on any atom is 0.191 e. The minimum atomic E-state index is -0.212. The Morgan fingerprint density at radius 2 is 2.04 bits per heavy atom. The summed E-state index contributed by atoms with van der Waals surface area (Å²) in [4.78, 5) is 9.22. The summed E-state index contributed by atoms with van der Waals surface area (Å²) in [5.41, 5.74) is 0.937. The lowest BCUT2D eigenvalue weighted by atomic mass is 10.1. The van der Waals surface area contributed by atoms with Crippen molar-refractivity contribution in [1.82, 2.24) is 20.4 Å². The van der Waals surface area contributed by atoms with Crippen molar-refractivity contribution in [3.8, 4) is 0 Å². The Balaban J connectivity index is 0.00000392. The molecule has 0 aromatic heterocycles. The first-order valence-electron chi connectivity index (χ1n) is 9.84. The summed E-state index contributed by atoms with van der Waals surface area (Å²) in [5, 5.41) is 6.70. The number of rotatable bonds is 9. The number of nitrogens with one attached hydrogen (secondary N) is 2. The van der Waals surface area contributed by atoms with Crippen molar-refractivity contribution < 1.29 is 9.13 Å². The van der Waals surface area contributed by atoms with E-state index in [9.17, 15) is 4.39 Å². The van der Waals surface area contributed by atoms with Crippen LogP contribution < -0.4 is 10.6 Å². The van der Waals surface area contributed by atoms with Gasteiger partial charge in [0.2, 0.25) is 0 Å². The molecule has 0 radical (unpaired) electrons. The van der Waals surface area contributed by atoms with E-state index in [1.54, 1.807) is 12.1 Å². The van der Waals surface area contributed by atoms with Crippen LogP contribution in [0, 0.1) is 5.82 Å². The van der Waals surface area contributed by atoms with Crippen molar-refractivity contribution in [1.29, 1.82) is 0 Å². The molecule has 1 saturated heterocycles. The number of benzene rings is 1. The summed E-state index contributed by atoms with van der Waals surface area (Å²) in [5.74, 6) is 0.596. The number of halogens is 2. The van der Waals surface area contributed by atoms with E-state index in [-0.39, 0.29) is 35.8 Å². The van der Waals surface area contributed by atoms with Crippen LogP contribution in [0.4, 0.5) is 4.39 Å². The van der Waals surface area contributed by atoms with Crippen LogP contribution in [0.3, 0.4) is 0 Å². The number of nitrogens with zero attached hydrogens (tertiary/aromatic N) is 3. The second-order valence-electron chi connectivity index (χ2n) is 6.99. The summed E-state index contributed by atoms with van der Waals surface area (Å²) in [6.45, 7) is 9.08. The highest BCUT2D eigenvalue weighted by atomic mass is 127. The van der Waals surface area contributed by atoms with E-state index in [1.807, 2.05) is 20.2 Å². The van der Waals surface area contributed by atoms with Crippen molar-refractivity contribution >= 4 is 29.9 Å². The number of aliphatic imine (C=N–C) groups is 1. The lowest BCUT2D eigenvalue weighted by Crippen LogP contribution is -2.41. The van der Waals surface area contributed by atoms with Gasteiger partial charge in [-0.2, -0.15) is 0 Å². The first-order chi connectivity index (χ1) is 13.1. The Kier molecular flexibility index (Phi) is 12.6. The molecule has 28 heavy (non-hydrogen) atoms. The molecule has 1 unspecified atom stereocenters. The lowest BCUT2D eigenvalue weighted by molar-refractivity contribution is 0.0376. The molecule has 1 aliphatic heterocycles. The molecular formula is C20H35FIN5O. The predicted octanol–water partition coefficient (Wildman–Crippen LogP) is 2.32. The molecule has 0 spiro atoms. The number of likely N-dealkylation sites (N-methyl/N-ethyl adjacent to an activating group) is 1. The van der Waals surface area contributed by atoms with Crippen molar-refractivity contribution in [2.75, 3.05) is 66.6 Å². The fourth-order valence-electron chi connectivity index (χ4n) is 3.13. The predicted molar refractivity (Wildman–Crippen MR) is 124 cm³/mol. The van der Waals surface area contributed by atoms with Crippen LogP contribution in [0.25, 0.3) is 0 Å². The molecule has 2 rings (SSSR count). The highest BCUT2D eigenvalue weighted by Gasteiger charge is 2.15. The average molecular weight is 507 g/mol. The van der Waals surface area contributed by atoms with Gasteiger partial charge in [0.05, 0.1) is 25.8 Å². The molecule has 160 valence electrons. The Morgan fingerprint density at radius 3 is 2.68 bits per heavy atom. The van der Waals surface area contributed by atoms with E-state index in [0.717, 1.165) is 63.9 Å². The maximum atomic E-state index is 13.6. The van der Waals surface area contributed by atoms with Crippen LogP contribution in [0.1, 0.15) is 24.9 Å². The highest BCUT2D eigenvalue weighted by molar-refractivity contribution is 14.0. The van der Waals surface area contributed by atoms with E-state index in [2.05, 4.69) is 27.4 Å². The van der Waals surface area contributed by atoms with Gasteiger partial charge < -0.3 is 20.3 Å². The summed E-state index contributed by atoms with van der Waals surface area (Å²) < 4.78 is 19.0. The SMILES string of the molecule is CCNC(=NCC(c1cccc(F)c1)N(C)C)NCCCN1CCOCC1.I. The second kappa shape index (κ2) is 14.1. The molecule has 1 heterocycles. The first kappa shape index (κ1) is 25.1. The van der Waals surface area contributed by atoms with E-state index in [4.69, 9.17) is 9.73 Å². The third-order valence-corrected chi connectivity index (χ3v) is 4.67. The monoisotopic (exact) mass is 507 g/mol. The van der Waals surface area contributed by atoms with Gasteiger partial charge in [0.15, 0.2) is 5.96 Å². The Hall–Kier alpha value is -0.970. The third kappa shape index (κ3) is 9.02. The first-order valence-corrected chi connectivity index (χ1v) is 9.84. The Bertz CT molecular complexity index is 581. The van der Waals surface area contributed by atoms with E-state index < -0.39 is 0 Å². The van der Waals surface area contributed by atoms with Gasteiger partial charge in [-0.1, -0.05) is 12.1 Å². The summed E-state index contributed by atoms with van der Waals surface area (Å²) in [7, 11) is 3.99. The van der Waals surface area contributed by atoms with Gasteiger partial charge in [-0.05, 0) is 51.7 Å². The maximum absolute atomic E-state index is 13.6. The topological polar surface area (TPSA) is 52.1 Å². The summed E-state index contributed by atoms with van der Waals surface area (Å²) in [6, 6.07) is 6.79. The normalized spacial score (nSPS) is 16.5. The third-order valence-electron chi connectivity index (χ3n) is 4.67. The van der Waals surface area contributed by atoms with Crippen molar-refractivity contribution in [3.05, 3.63) is 35.6 Å². The molecule has 6 nitrogen and oxygen atoms in total. The molecule has 0 amide bonds. The van der Waals surface area contributed by atoms with Gasteiger partial charge in [-0.15, -0.1) is 24.0 Å². The van der Waals surface area contributed by atoms with E-state index in [1.165, 1.54) is 6.07 Å². The van der Waals surface area contributed by atoms with Crippen LogP contribution in [0.2, 0.25) is 0 Å². The van der Waals surface area contributed by atoms with Crippen molar-refractivity contribution in [2.45, 2.75) is 19.4 Å². The minimum Gasteiger partial charge on any atom is -0.379 e. The average Bonchev–Trinajstić information content (AvgIpc) is 2.66. The molecule has 0 saturated carbocycles. The van der Waals surface area contributed by atoms with Gasteiger partial charge in [-0.25, -0.2) is 4.39 Å². The smallest absolute Gasteiger partial charge is 0.191 e. The summed E-state index contributed by atoms with van der Waals surface area (Å²) in [6.07, 6.45) is 1.06. The van der Waals surface area contributed by atoms with Crippen LogP contribution >= 0.6 is 24.0 Å². The van der Waals surface area contributed by atoms with Gasteiger partial charge >= 0.3 is 0 Å². The fraction of sp³-hybridized carbons (Fsp3) is 0.650. The molecule has 1 fully saturated rings. The molecule has 8 heteroatoms. The largest absolute Gasteiger partial charge is 0.379 e. The van der Waals surface area contributed by atoms with Gasteiger partial charge in [0.1, 0.15) is 5.82 Å². The van der Waals surface area contributed by atoms with Crippen LogP contribution in [-0.2, 0) is 4.74 Å².